The molecular weight excluding hydrogens is 390 g/mol. The highest BCUT2D eigenvalue weighted by molar-refractivity contribution is 7.99. The molecule has 3 N–H and O–H groups in total. The van der Waals surface area contributed by atoms with Crippen LogP contribution in [0.3, 0.4) is 0 Å². The molecule has 3 aromatic rings. The number of thioether (sulfide) groups is 1. The third-order valence-electron chi connectivity index (χ3n) is 3.62. The van der Waals surface area contributed by atoms with Crippen molar-refractivity contribution in [1.82, 2.24) is 15.3 Å². The van der Waals surface area contributed by atoms with Crippen LogP contribution in [0.2, 0.25) is 0 Å². The molecule has 2 heterocycles. The Balaban J connectivity index is 0.00000261. The Morgan fingerprint density at radius 3 is 2.63 bits per heavy atom. The number of hydrogen-bond donors (Lipinski definition) is 2. The normalized spacial score (nSPS) is 11.7. The monoisotopic (exact) mass is 409 g/mol. The molecule has 0 aliphatic carbocycles. The van der Waals surface area contributed by atoms with E-state index in [1.54, 1.807) is 19.9 Å². The molecule has 2 aromatic heterocycles. The van der Waals surface area contributed by atoms with Crippen LogP contribution < -0.4 is 11.1 Å². The highest BCUT2D eigenvalue weighted by atomic mass is 35.5. The predicted molar refractivity (Wildman–Crippen MR) is 106 cm³/mol. The second-order valence-corrected chi connectivity index (χ2v) is 7.01. The summed E-state index contributed by atoms with van der Waals surface area (Å²) < 4.78 is 10.2. The van der Waals surface area contributed by atoms with Crippen LogP contribution in [0.4, 0.5) is 5.82 Å². The molecule has 0 fully saturated rings. The maximum absolute atomic E-state index is 12.1. The fourth-order valence-corrected chi connectivity index (χ4v) is 2.87. The summed E-state index contributed by atoms with van der Waals surface area (Å²) in [4.78, 5) is 16.5. The van der Waals surface area contributed by atoms with Crippen molar-refractivity contribution in [2.45, 2.75) is 31.4 Å². The number of anilines is 1. The van der Waals surface area contributed by atoms with E-state index in [1.165, 1.54) is 11.8 Å². The molecule has 1 amide bonds. The number of nitrogens with zero attached hydrogens (tertiary/aromatic N) is 3. The van der Waals surface area contributed by atoms with Gasteiger partial charge in [0, 0.05) is 18.2 Å². The smallest absolute Gasteiger partial charge is 0.238 e. The zero-order valence-electron chi connectivity index (χ0n) is 14.8. The zero-order chi connectivity index (χ0) is 18.5. The molecule has 0 bridgehead atoms. The highest BCUT2D eigenvalue weighted by Gasteiger charge is 2.17. The van der Waals surface area contributed by atoms with Crippen LogP contribution in [0.15, 0.2) is 39.4 Å². The minimum absolute atomic E-state index is 0. The van der Waals surface area contributed by atoms with Crippen LogP contribution in [0.5, 0.6) is 0 Å². The number of nitrogens with two attached hydrogens (primary N) is 1. The molecule has 27 heavy (non-hydrogen) atoms. The lowest BCUT2D eigenvalue weighted by atomic mass is 10.1. The van der Waals surface area contributed by atoms with Gasteiger partial charge in [-0.25, -0.2) is 0 Å². The van der Waals surface area contributed by atoms with Gasteiger partial charge >= 0.3 is 0 Å². The van der Waals surface area contributed by atoms with Crippen LogP contribution in [0, 0.1) is 6.92 Å². The van der Waals surface area contributed by atoms with E-state index in [-0.39, 0.29) is 23.6 Å². The molecule has 3 rings (SSSR count). The third-order valence-corrected chi connectivity index (χ3v) is 4.75. The van der Waals surface area contributed by atoms with Gasteiger partial charge in [-0.3, -0.25) is 4.79 Å². The first kappa shape index (κ1) is 20.9. The summed E-state index contributed by atoms with van der Waals surface area (Å²) in [6.45, 7) is 4.05. The first-order valence-electron chi connectivity index (χ1n) is 8.03. The maximum Gasteiger partial charge on any atom is 0.238 e. The molecule has 0 saturated carbocycles. The number of halogens is 1. The third kappa shape index (κ3) is 5.56. The number of carbonyl (C=O) groups is 1. The van der Waals surface area contributed by atoms with Gasteiger partial charge in [0.15, 0.2) is 5.82 Å². The van der Waals surface area contributed by atoms with E-state index in [1.807, 2.05) is 24.3 Å². The van der Waals surface area contributed by atoms with Gasteiger partial charge in [-0.15, -0.1) is 24.2 Å². The SMILES string of the molecule is Cc1cc(NC(=O)C(C)SCc2nc(-c3ccc(CN)cc3)no2)no1.Cl. The highest BCUT2D eigenvalue weighted by Crippen LogP contribution is 2.21. The van der Waals surface area contributed by atoms with Crippen molar-refractivity contribution in [3.63, 3.8) is 0 Å². The maximum atomic E-state index is 12.1. The number of nitrogens with one attached hydrogen (secondary N) is 1. The molecule has 0 aliphatic heterocycles. The van der Waals surface area contributed by atoms with Crippen LogP contribution in [0.1, 0.15) is 24.1 Å². The van der Waals surface area contributed by atoms with Gasteiger partial charge in [0.05, 0.1) is 11.0 Å². The fourth-order valence-electron chi connectivity index (χ4n) is 2.15. The Kier molecular flexibility index (Phi) is 7.40. The van der Waals surface area contributed by atoms with E-state index in [0.29, 0.717) is 35.6 Å². The largest absolute Gasteiger partial charge is 0.360 e. The summed E-state index contributed by atoms with van der Waals surface area (Å²) in [7, 11) is 0. The van der Waals surface area contributed by atoms with Crippen LogP contribution in [-0.2, 0) is 17.1 Å². The van der Waals surface area contributed by atoms with Crippen molar-refractivity contribution >= 4 is 35.9 Å². The molecular formula is C17H20ClN5O3S. The fraction of sp³-hybridized carbons (Fsp3) is 0.294. The summed E-state index contributed by atoms with van der Waals surface area (Å²) >= 11 is 1.40. The first-order valence-corrected chi connectivity index (χ1v) is 9.08. The average Bonchev–Trinajstić information content (AvgIpc) is 3.28. The number of aromatic nitrogens is 3. The molecule has 8 nitrogen and oxygen atoms in total. The summed E-state index contributed by atoms with van der Waals surface area (Å²) in [5, 5.41) is 10.1. The van der Waals surface area contributed by atoms with Gasteiger partial charge in [-0.05, 0) is 19.4 Å². The minimum atomic E-state index is -0.314. The Morgan fingerprint density at radius 2 is 2.00 bits per heavy atom. The number of hydrogen-bond acceptors (Lipinski definition) is 8. The lowest BCUT2D eigenvalue weighted by Crippen LogP contribution is -2.22. The first-order chi connectivity index (χ1) is 12.5. The number of rotatable bonds is 7. The lowest BCUT2D eigenvalue weighted by Gasteiger charge is -2.08. The van der Waals surface area contributed by atoms with Crippen LogP contribution >= 0.6 is 24.2 Å². The Hall–Kier alpha value is -2.36. The molecule has 0 aliphatic rings. The van der Waals surface area contributed by atoms with Gasteiger partial charge < -0.3 is 20.1 Å². The van der Waals surface area contributed by atoms with E-state index >= 15 is 0 Å². The number of amides is 1. The van der Waals surface area contributed by atoms with Gasteiger partial charge in [0.25, 0.3) is 0 Å². The van der Waals surface area contributed by atoms with E-state index in [2.05, 4.69) is 20.6 Å². The Morgan fingerprint density at radius 1 is 1.26 bits per heavy atom. The molecule has 0 radical (unpaired) electrons. The lowest BCUT2D eigenvalue weighted by molar-refractivity contribution is -0.115. The molecule has 0 saturated heterocycles. The zero-order valence-corrected chi connectivity index (χ0v) is 16.5. The van der Waals surface area contributed by atoms with Crippen molar-refractivity contribution in [2.24, 2.45) is 5.73 Å². The average molecular weight is 410 g/mol. The van der Waals surface area contributed by atoms with Crippen molar-refractivity contribution in [3.8, 4) is 11.4 Å². The quantitative estimate of drug-likeness (QED) is 0.610. The topological polar surface area (TPSA) is 120 Å². The predicted octanol–water partition coefficient (Wildman–Crippen LogP) is 3.17. The molecule has 10 heteroatoms. The standard InChI is InChI=1S/C17H19N5O3S.ClH/c1-10-7-14(21-24-10)19-17(23)11(2)26-9-15-20-16(22-25-15)13-5-3-12(8-18)4-6-13;/h3-7,11H,8-9,18H2,1-2H3,(H,19,21,23);1H. The Bertz CT molecular complexity index is 881. The van der Waals surface area contributed by atoms with E-state index in [4.69, 9.17) is 14.8 Å². The summed E-state index contributed by atoms with van der Waals surface area (Å²) in [6.07, 6.45) is 0. The summed E-state index contributed by atoms with van der Waals surface area (Å²) in [6, 6.07) is 9.33. The summed E-state index contributed by atoms with van der Waals surface area (Å²) in [5.74, 6) is 2.28. The van der Waals surface area contributed by atoms with Crippen molar-refractivity contribution < 1.29 is 13.8 Å². The summed E-state index contributed by atoms with van der Waals surface area (Å²) in [5.41, 5.74) is 7.48. The number of carbonyl (C=O) groups excluding carboxylic acids is 1. The van der Waals surface area contributed by atoms with Crippen molar-refractivity contribution in [2.75, 3.05) is 5.32 Å². The van der Waals surface area contributed by atoms with E-state index in [9.17, 15) is 4.79 Å². The number of benzene rings is 1. The van der Waals surface area contributed by atoms with Gasteiger partial charge in [0.1, 0.15) is 5.76 Å². The van der Waals surface area contributed by atoms with Crippen molar-refractivity contribution in [1.29, 1.82) is 0 Å². The second-order valence-electron chi connectivity index (χ2n) is 5.68. The van der Waals surface area contributed by atoms with E-state index in [0.717, 1.165) is 11.1 Å². The van der Waals surface area contributed by atoms with Gasteiger partial charge in [-0.1, -0.05) is 34.6 Å². The molecule has 1 atom stereocenters. The van der Waals surface area contributed by atoms with E-state index < -0.39 is 0 Å². The second kappa shape index (κ2) is 9.54. The van der Waals surface area contributed by atoms with Crippen LogP contribution in [-0.4, -0.2) is 26.5 Å². The molecule has 0 spiro atoms. The molecule has 1 aromatic carbocycles. The van der Waals surface area contributed by atoms with Gasteiger partial charge in [-0.2, -0.15) is 4.98 Å². The van der Waals surface area contributed by atoms with Crippen molar-refractivity contribution in [3.05, 3.63) is 47.5 Å². The minimum Gasteiger partial charge on any atom is -0.360 e. The van der Waals surface area contributed by atoms with Gasteiger partial charge in [0.2, 0.25) is 17.6 Å². The van der Waals surface area contributed by atoms with Crippen LogP contribution in [0.25, 0.3) is 11.4 Å². The Labute approximate surface area is 166 Å². The number of aryl methyl sites for hydroxylation is 1. The molecule has 144 valence electrons. The molecule has 1 unspecified atom stereocenters.